The monoisotopic (exact) mass is 296 g/mol. The zero-order chi connectivity index (χ0) is 14.7. The fourth-order valence-corrected chi connectivity index (χ4v) is 1.87. The molecule has 0 aliphatic heterocycles. The Labute approximate surface area is 120 Å². The highest BCUT2D eigenvalue weighted by Crippen LogP contribution is 2.33. The van der Waals surface area contributed by atoms with Crippen LogP contribution in [0.1, 0.15) is 10.4 Å². The van der Waals surface area contributed by atoms with Crippen LogP contribution in [0.3, 0.4) is 0 Å². The summed E-state index contributed by atoms with van der Waals surface area (Å²) in [5, 5.41) is 9.64. The summed E-state index contributed by atoms with van der Waals surface area (Å²) in [4.78, 5) is 15.1. The van der Waals surface area contributed by atoms with Crippen molar-refractivity contribution in [3.8, 4) is 11.5 Å². The summed E-state index contributed by atoms with van der Waals surface area (Å²) in [7, 11) is 1.50. The fourth-order valence-electron chi connectivity index (χ4n) is 1.79. The number of fused-ring (bicyclic) bond motifs is 1. The van der Waals surface area contributed by atoms with Crippen molar-refractivity contribution in [2.75, 3.05) is 25.3 Å². The van der Waals surface area contributed by atoms with Crippen LogP contribution in [-0.4, -0.2) is 35.7 Å². The molecule has 0 saturated heterocycles. The SMILES string of the molecule is COc1cc2cc(C(=O)O)c(N)nc2cc1OCCCl. The minimum atomic E-state index is -1.13. The van der Waals surface area contributed by atoms with E-state index in [2.05, 4.69) is 4.98 Å². The average Bonchev–Trinajstić information content (AvgIpc) is 2.43. The van der Waals surface area contributed by atoms with Crippen molar-refractivity contribution in [2.45, 2.75) is 0 Å². The molecule has 1 aromatic carbocycles. The standard InChI is InChI=1S/C13H13ClN2O4/c1-19-10-5-7-4-8(13(17)18)12(15)16-9(7)6-11(10)20-3-2-14/h4-6H,2-3H2,1H3,(H2,15,16)(H,17,18). The first-order valence-electron chi connectivity index (χ1n) is 5.77. The Kier molecular flexibility index (Phi) is 4.14. The zero-order valence-electron chi connectivity index (χ0n) is 10.7. The molecule has 0 amide bonds. The molecule has 0 fully saturated rings. The van der Waals surface area contributed by atoms with Gasteiger partial charge in [-0.25, -0.2) is 9.78 Å². The number of aromatic carboxylic acids is 1. The maximum absolute atomic E-state index is 11.0. The van der Waals surface area contributed by atoms with E-state index in [0.29, 0.717) is 34.9 Å². The number of rotatable bonds is 5. The van der Waals surface area contributed by atoms with Gasteiger partial charge in [0.1, 0.15) is 18.0 Å². The van der Waals surface area contributed by atoms with Crippen LogP contribution in [-0.2, 0) is 0 Å². The number of carboxylic acids is 1. The van der Waals surface area contributed by atoms with Crippen molar-refractivity contribution in [3.63, 3.8) is 0 Å². The van der Waals surface area contributed by atoms with Crippen LogP contribution in [0, 0.1) is 0 Å². The topological polar surface area (TPSA) is 94.7 Å². The molecule has 2 aromatic rings. The number of methoxy groups -OCH3 is 1. The molecule has 6 nitrogen and oxygen atoms in total. The second-order valence-electron chi connectivity index (χ2n) is 3.96. The Morgan fingerprint density at radius 1 is 1.40 bits per heavy atom. The van der Waals surface area contributed by atoms with Crippen molar-refractivity contribution < 1.29 is 19.4 Å². The molecule has 20 heavy (non-hydrogen) atoms. The highest BCUT2D eigenvalue weighted by atomic mass is 35.5. The first kappa shape index (κ1) is 14.2. The van der Waals surface area contributed by atoms with E-state index in [0.717, 1.165) is 0 Å². The molecule has 0 spiro atoms. The number of halogens is 1. The molecule has 0 unspecified atom stereocenters. The molecule has 106 valence electrons. The van der Waals surface area contributed by atoms with Crippen LogP contribution < -0.4 is 15.2 Å². The van der Waals surface area contributed by atoms with E-state index < -0.39 is 5.97 Å². The van der Waals surface area contributed by atoms with Gasteiger partial charge in [-0.05, 0) is 12.1 Å². The minimum absolute atomic E-state index is 0.0431. The Morgan fingerprint density at radius 3 is 2.75 bits per heavy atom. The molecule has 0 aliphatic rings. The van der Waals surface area contributed by atoms with E-state index in [-0.39, 0.29) is 11.4 Å². The molecule has 2 rings (SSSR count). The number of carbonyl (C=O) groups is 1. The van der Waals surface area contributed by atoms with Gasteiger partial charge in [0.25, 0.3) is 0 Å². The van der Waals surface area contributed by atoms with Crippen LogP contribution in [0.5, 0.6) is 11.5 Å². The number of nitrogens with two attached hydrogens (primary N) is 1. The van der Waals surface area contributed by atoms with Crippen molar-refractivity contribution in [1.29, 1.82) is 0 Å². The summed E-state index contributed by atoms with van der Waals surface area (Å²) in [6.45, 7) is 0.326. The largest absolute Gasteiger partial charge is 0.493 e. The number of pyridine rings is 1. The number of hydrogen-bond donors (Lipinski definition) is 2. The number of nitrogens with zero attached hydrogens (tertiary/aromatic N) is 1. The third kappa shape index (κ3) is 2.70. The first-order chi connectivity index (χ1) is 9.56. The van der Waals surface area contributed by atoms with Gasteiger partial charge >= 0.3 is 5.97 Å². The van der Waals surface area contributed by atoms with Crippen molar-refractivity contribution in [2.24, 2.45) is 0 Å². The average molecular weight is 297 g/mol. The number of hydrogen-bond acceptors (Lipinski definition) is 5. The zero-order valence-corrected chi connectivity index (χ0v) is 11.5. The van der Waals surface area contributed by atoms with E-state index in [9.17, 15) is 4.79 Å². The molecule has 0 saturated carbocycles. The molecule has 1 heterocycles. The molecular formula is C13H13ClN2O4. The molecule has 3 N–H and O–H groups in total. The Bertz CT molecular complexity index is 660. The number of aromatic nitrogens is 1. The summed E-state index contributed by atoms with van der Waals surface area (Å²) >= 11 is 5.58. The molecule has 0 radical (unpaired) electrons. The van der Waals surface area contributed by atoms with E-state index in [1.54, 1.807) is 12.1 Å². The lowest BCUT2D eigenvalue weighted by Crippen LogP contribution is -2.05. The highest BCUT2D eigenvalue weighted by Gasteiger charge is 2.14. The van der Waals surface area contributed by atoms with Crippen molar-refractivity contribution in [3.05, 3.63) is 23.8 Å². The molecule has 1 aromatic heterocycles. The third-order valence-electron chi connectivity index (χ3n) is 2.69. The number of nitrogen functional groups attached to an aromatic ring is 1. The molecule has 7 heteroatoms. The second kappa shape index (κ2) is 5.83. The van der Waals surface area contributed by atoms with Crippen LogP contribution in [0.2, 0.25) is 0 Å². The van der Waals surface area contributed by atoms with Gasteiger partial charge in [0, 0.05) is 11.5 Å². The normalized spacial score (nSPS) is 10.5. The number of carboxylic acid groups (broad SMARTS) is 1. The summed E-state index contributed by atoms with van der Waals surface area (Å²) in [6.07, 6.45) is 0. The molecular weight excluding hydrogens is 284 g/mol. The summed E-state index contributed by atoms with van der Waals surface area (Å²) in [5.74, 6) is 0.132. The number of anilines is 1. The third-order valence-corrected chi connectivity index (χ3v) is 2.85. The first-order valence-corrected chi connectivity index (χ1v) is 6.30. The van der Waals surface area contributed by atoms with Crippen molar-refractivity contribution in [1.82, 2.24) is 4.98 Å². The van der Waals surface area contributed by atoms with Gasteiger partial charge in [-0.1, -0.05) is 0 Å². The van der Waals surface area contributed by atoms with Gasteiger partial charge in [0.2, 0.25) is 0 Å². The molecule has 0 atom stereocenters. The predicted octanol–water partition coefficient (Wildman–Crippen LogP) is 2.14. The van der Waals surface area contributed by atoms with Gasteiger partial charge in [-0.3, -0.25) is 0 Å². The van der Waals surface area contributed by atoms with E-state index >= 15 is 0 Å². The lowest BCUT2D eigenvalue weighted by atomic mass is 10.1. The fraction of sp³-hybridized carbons (Fsp3) is 0.231. The quantitative estimate of drug-likeness (QED) is 0.821. The Morgan fingerprint density at radius 2 is 2.15 bits per heavy atom. The van der Waals surface area contributed by atoms with E-state index in [1.165, 1.54) is 13.2 Å². The second-order valence-corrected chi connectivity index (χ2v) is 4.34. The maximum atomic E-state index is 11.0. The summed E-state index contributed by atoms with van der Waals surface area (Å²) < 4.78 is 10.7. The number of alkyl halides is 1. The van der Waals surface area contributed by atoms with Crippen LogP contribution >= 0.6 is 11.6 Å². The molecule has 0 bridgehead atoms. The lowest BCUT2D eigenvalue weighted by molar-refractivity contribution is 0.0698. The van der Waals surface area contributed by atoms with E-state index in [1.807, 2.05) is 0 Å². The van der Waals surface area contributed by atoms with E-state index in [4.69, 9.17) is 31.9 Å². The number of ether oxygens (including phenoxy) is 2. The van der Waals surface area contributed by atoms with Gasteiger partial charge in [0.15, 0.2) is 11.5 Å². The van der Waals surface area contributed by atoms with Gasteiger partial charge in [-0.2, -0.15) is 0 Å². The summed E-state index contributed by atoms with van der Waals surface area (Å²) in [6, 6.07) is 4.74. The number of benzene rings is 1. The van der Waals surface area contributed by atoms with Gasteiger partial charge < -0.3 is 20.3 Å². The van der Waals surface area contributed by atoms with Crippen LogP contribution in [0.15, 0.2) is 18.2 Å². The summed E-state index contributed by atoms with van der Waals surface area (Å²) in [5.41, 5.74) is 6.10. The smallest absolute Gasteiger partial charge is 0.339 e. The van der Waals surface area contributed by atoms with Gasteiger partial charge in [-0.15, -0.1) is 11.6 Å². The Balaban J connectivity index is 2.58. The lowest BCUT2D eigenvalue weighted by Gasteiger charge is -2.11. The Hall–Kier alpha value is -2.21. The van der Waals surface area contributed by atoms with Crippen molar-refractivity contribution >= 4 is 34.3 Å². The predicted molar refractivity (Wildman–Crippen MR) is 75.9 cm³/mol. The maximum Gasteiger partial charge on any atom is 0.339 e. The van der Waals surface area contributed by atoms with Crippen LogP contribution in [0.25, 0.3) is 10.9 Å². The van der Waals surface area contributed by atoms with Gasteiger partial charge in [0.05, 0.1) is 18.5 Å². The van der Waals surface area contributed by atoms with Crippen LogP contribution in [0.4, 0.5) is 5.82 Å². The molecule has 0 aliphatic carbocycles. The minimum Gasteiger partial charge on any atom is -0.493 e. The highest BCUT2D eigenvalue weighted by molar-refractivity contribution is 6.18.